The first-order valence-electron chi connectivity index (χ1n) is 4.71. The van der Waals surface area contributed by atoms with E-state index in [0.717, 1.165) is 22.2 Å². The molecule has 1 aromatic carbocycles. The highest BCUT2D eigenvalue weighted by atomic mass is 16.5. The predicted molar refractivity (Wildman–Crippen MR) is 58.2 cm³/mol. The minimum atomic E-state index is 0.892. The summed E-state index contributed by atoms with van der Waals surface area (Å²) in [4.78, 5) is 0. The average molecular weight is 187 g/mol. The van der Waals surface area contributed by atoms with Gasteiger partial charge < -0.3 is 4.52 Å². The lowest BCUT2D eigenvalue weighted by atomic mass is 10.1. The van der Waals surface area contributed by atoms with E-state index in [1.54, 1.807) is 0 Å². The average Bonchev–Trinajstić information content (AvgIpc) is 2.49. The fourth-order valence-electron chi connectivity index (χ4n) is 1.69. The van der Waals surface area contributed by atoms with Crippen LogP contribution in [0.15, 0.2) is 22.7 Å². The number of rotatable bonds is 1. The highest BCUT2D eigenvalue weighted by Gasteiger charge is 2.07. The summed E-state index contributed by atoms with van der Waals surface area (Å²) in [5, 5.41) is 5.12. The van der Waals surface area contributed by atoms with Gasteiger partial charge in [-0.3, -0.25) is 0 Å². The Balaban J connectivity index is 2.78. The van der Waals surface area contributed by atoms with Crippen LogP contribution in [0.2, 0.25) is 0 Å². The summed E-state index contributed by atoms with van der Waals surface area (Å²) in [6.45, 7) is 6.10. The molecule has 1 heterocycles. The number of nitrogens with zero attached hydrogens (tertiary/aromatic N) is 1. The molecule has 72 valence electrons. The van der Waals surface area contributed by atoms with Crippen LogP contribution in [-0.4, -0.2) is 5.16 Å². The largest absolute Gasteiger partial charge is 0.355 e. The quantitative estimate of drug-likeness (QED) is 0.683. The lowest BCUT2D eigenvalue weighted by molar-refractivity contribution is 0.453. The number of hydrogen-bond acceptors (Lipinski definition) is 2. The van der Waals surface area contributed by atoms with Crippen molar-refractivity contribution in [2.24, 2.45) is 0 Å². The first kappa shape index (κ1) is 9.00. The fraction of sp³-hybridized carbons (Fsp3) is 0.250. The molecule has 2 heteroatoms. The van der Waals surface area contributed by atoms with E-state index in [0.29, 0.717) is 0 Å². The van der Waals surface area contributed by atoms with Crippen LogP contribution in [0.1, 0.15) is 23.7 Å². The Labute approximate surface area is 83.2 Å². The number of aryl methyl sites for hydroxylation is 2. The van der Waals surface area contributed by atoms with Crippen LogP contribution in [0.5, 0.6) is 0 Å². The summed E-state index contributed by atoms with van der Waals surface area (Å²) in [6, 6.07) is 4.21. The number of benzene rings is 1. The molecule has 0 saturated heterocycles. The van der Waals surface area contributed by atoms with Crippen molar-refractivity contribution in [1.29, 1.82) is 0 Å². The van der Waals surface area contributed by atoms with Gasteiger partial charge in [-0.25, -0.2) is 0 Å². The summed E-state index contributed by atoms with van der Waals surface area (Å²) in [5.74, 6) is 0. The van der Waals surface area contributed by atoms with E-state index in [2.05, 4.69) is 24.2 Å². The van der Waals surface area contributed by atoms with Crippen LogP contribution < -0.4 is 0 Å². The normalized spacial score (nSPS) is 11.6. The maximum atomic E-state index is 5.29. The van der Waals surface area contributed by atoms with Crippen molar-refractivity contribution in [2.45, 2.75) is 20.8 Å². The highest BCUT2D eigenvalue weighted by molar-refractivity contribution is 5.87. The topological polar surface area (TPSA) is 26.0 Å². The van der Waals surface area contributed by atoms with E-state index in [1.165, 1.54) is 5.56 Å². The van der Waals surface area contributed by atoms with Crippen molar-refractivity contribution in [3.63, 3.8) is 0 Å². The van der Waals surface area contributed by atoms with Crippen molar-refractivity contribution >= 4 is 17.0 Å². The monoisotopic (exact) mass is 187 g/mol. The van der Waals surface area contributed by atoms with Crippen LogP contribution in [0.25, 0.3) is 17.0 Å². The Hall–Kier alpha value is -1.57. The summed E-state index contributed by atoms with van der Waals surface area (Å²) < 4.78 is 5.29. The second-order valence-electron chi connectivity index (χ2n) is 3.53. The molecule has 0 radical (unpaired) electrons. The summed E-state index contributed by atoms with van der Waals surface area (Å²) in [7, 11) is 0. The van der Waals surface area contributed by atoms with Crippen LogP contribution in [0.3, 0.4) is 0 Å². The molecule has 0 unspecified atom stereocenters. The molecule has 2 aromatic rings. The van der Waals surface area contributed by atoms with Crippen molar-refractivity contribution in [3.05, 3.63) is 35.0 Å². The molecule has 0 spiro atoms. The molecule has 0 amide bonds. The molecule has 2 nitrogen and oxygen atoms in total. The van der Waals surface area contributed by atoms with Crippen LogP contribution in [0.4, 0.5) is 0 Å². The van der Waals surface area contributed by atoms with E-state index >= 15 is 0 Å². The Morgan fingerprint density at radius 2 is 2.07 bits per heavy atom. The Morgan fingerprint density at radius 1 is 1.29 bits per heavy atom. The zero-order chi connectivity index (χ0) is 10.1. The first-order chi connectivity index (χ1) is 6.72. The lowest BCUT2D eigenvalue weighted by Crippen LogP contribution is -1.78. The summed E-state index contributed by atoms with van der Waals surface area (Å²) in [5.41, 5.74) is 4.19. The van der Waals surface area contributed by atoms with Gasteiger partial charge in [-0.05, 0) is 44.0 Å². The van der Waals surface area contributed by atoms with E-state index in [4.69, 9.17) is 4.52 Å². The third-order valence-electron chi connectivity index (χ3n) is 2.25. The smallest absolute Gasteiger partial charge is 0.170 e. The Morgan fingerprint density at radius 3 is 2.79 bits per heavy atom. The van der Waals surface area contributed by atoms with Gasteiger partial charge in [-0.1, -0.05) is 17.3 Å². The minimum Gasteiger partial charge on any atom is -0.355 e. The second kappa shape index (κ2) is 3.29. The van der Waals surface area contributed by atoms with E-state index in [1.807, 2.05) is 26.0 Å². The van der Waals surface area contributed by atoms with Gasteiger partial charge in [0.2, 0.25) is 0 Å². The molecule has 0 bridgehead atoms. The lowest BCUT2D eigenvalue weighted by Gasteiger charge is -1.96. The number of fused-ring (bicyclic) bond motifs is 1. The molecule has 1 aromatic heterocycles. The van der Waals surface area contributed by atoms with Crippen LogP contribution in [-0.2, 0) is 0 Å². The van der Waals surface area contributed by atoms with Gasteiger partial charge in [-0.15, -0.1) is 0 Å². The van der Waals surface area contributed by atoms with Gasteiger partial charge in [0.25, 0.3) is 0 Å². The predicted octanol–water partition coefficient (Wildman–Crippen LogP) is 3.48. The number of aromatic nitrogens is 1. The van der Waals surface area contributed by atoms with Crippen molar-refractivity contribution in [1.82, 2.24) is 5.16 Å². The van der Waals surface area contributed by atoms with E-state index in [-0.39, 0.29) is 0 Å². The Kier molecular flexibility index (Phi) is 2.12. The molecule has 0 aliphatic rings. The molecule has 2 rings (SSSR count). The number of allylic oxidation sites excluding steroid dienone is 1. The van der Waals surface area contributed by atoms with Gasteiger partial charge in [0, 0.05) is 5.39 Å². The SMILES string of the molecule is C/C=C/c1noc2c(C)cc(C)cc12. The van der Waals surface area contributed by atoms with Gasteiger partial charge in [0.15, 0.2) is 5.58 Å². The van der Waals surface area contributed by atoms with Gasteiger partial charge in [0.05, 0.1) is 0 Å². The van der Waals surface area contributed by atoms with Crippen molar-refractivity contribution in [3.8, 4) is 0 Å². The fourth-order valence-corrected chi connectivity index (χ4v) is 1.69. The molecule has 0 aliphatic heterocycles. The molecular formula is C12H13NO. The van der Waals surface area contributed by atoms with Gasteiger partial charge >= 0.3 is 0 Å². The first-order valence-corrected chi connectivity index (χ1v) is 4.71. The third-order valence-corrected chi connectivity index (χ3v) is 2.25. The van der Waals surface area contributed by atoms with E-state index in [9.17, 15) is 0 Å². The zero-order valence-electron chi connectivity index (χ0n) is 8.66. The molecule has 0 fully saturated rings. The van der Waals surface area contributed by atoms with Crippen molar-refractivity contribution in [2.75, 3.05) is 0 Å². The zero-order valence-corrected chi connectivity index (χ0v) is 8.66. The summed E-state index contributed by atoms with van der Waals surface area (Å²) in [6.07, 6.45) is 3.93. The van der Waals surface area contributed by atoms with Crippen molar-refractivity contribution < 1.29 is 4.52 Å². The number of hydrogen-bond donors (Lipinski definition) is 0. The van der Waals surface area contributed by atoms with Crippen LogP contribution >= 0.6 is 0 Å². The molecular weight excluding hydrogens is 174 g/mol. The standard InChI is InChI=1S/C12H13NO/c1-4-5-11-10-7-8(2)6-9(3)12(10)14-13-11/h4-7H,1-3H3/b5-4+. The van der Waals surface area contributed by atoms with Gasteiger partial charge in [0.1, 0.15) is 5.69 Å². The minimum absolute atomic E-state index is 0.892. The molecule has 14 heavy (non-hydrogen) atoms. The Bertz CT molecular complexity index is 494. The molecule has 0 saturated carbocycles. The molecule has 0 N–H and O–H groups in total. The maximum Gasteiger partial charge on any atom is 0.170 e. The molecule has 0 aliphatic carbocycles. The second-order valence-corrected chi connectivity index (χ2v) is 3.53. The summed E-state index contributed by atoms with van der Waals surface area (Å²) >= 11 is 0. The van der Waals surface area contributed by atoms with Gasteiger partial charge in [-0.2, -0.15) is 0 Å². The highest BCUT2D eigenvalue weighted by Crippen LogP contribution is 2.24. The maximum absolute atomic E-state index is 5.29. The third kappa shape index (κ3) is 1.33. The van der Waals surface area contributed by atoms with E-state index < -0.39 is 0 Å². The molecule has 0 atom stereocenters. The van der Waals surface area contributed by atoms with Crippen LogP contribution in [0, 0.1) is 13.8 Å².